The molecule has 3 saturated carbocycles. The Balaban J connectivity index is 1.30. The van der Waals surface area contributed by atoms with Gasteiger partial charge in [-0.2, -0.15) is 0 Å². The molecule has 3 nitrogen and oxygen atoms in total. The smallest absolute Gasteiger partial charge is 0.407 e. The highest BCUT2D eigenvalue weighted by Gasteiger charge is 2.27. The van der Waals surface area contributed by atoms with Crippen molar-refractivity contribution in [2.75, 3.05) is 0 Å². The number of amides is 1. The third-order valence-corrected chi connectivity index (χ3v) is 6.80. The van der Waals surface area contributed by atoms with Crippen LogP contribution in [-0.2, 0) is 4.74 Å². The molecule has 0 radical (unpaired) electrons. The van der Waals surface area contributed by atoms with Gasteiger partial charge in [-0.1, -0.05) is 39.0 Å². The minimum Gasteiger partial charge on any atom is -0.446 e. The van der Waals surface area contributed by atoms with Crippen molar-refractivity contribution in [1.29, 1.82) is 0 Å². The highest BCUT2D eigenvalue weighted by atomic mass is 16.6. The summed E-state index contributed by atoms with van der Waals surface area (Å²) in [4.78, 5) is 12.1. The van der Waals surface area contributed by atoms with Crippen molar-refractivity contribution in [3.05, 3.63) is 0 Å². The van der Waals surface area contributed by atoms with Crippen LogP contribution in [0.4, 0.5) is 4.79 Å². The zero-order chi connectivity index (χ0) is 16.8. The number of rotatable bonds is 4. The lowest BCUT2D eigenvalue weighted by Crippen LogP contribution is -2.40. The normalized spacial score (nSPS) is 35.4. The molecule has 3 heteroatoms. The van der Waals surface area contributed by atoms with Crippen molar-refractivity contribution in [1.82, 2.24) is 5.32 Å². The lowest BCUT2D eigenvalue weighted by atomic mass is 9.75. The number of alkyl carbamates (subject to hydrolysis) is 1. The SMILES string of the molecule is CC1CCC(CC2CCC(NC(=O)OC3CCCCC3)CC2)CC1. The van der Waals surface area contributed by atoms with E-state index in [9.17, 15) is 4.79 Å². The Morgan fingerprint density at radius 1 is 0.833 bits per heavy atom. The fourth-order valence-electron chi connectivity index (χ4n) is 5.11. The number of carbonyl (C=O) groups excluding carboxylic acids is 1. The van der Waals surface area contributed by atoms with Crippen LogP contribution in [0.1, 0.15) is 96.8 Å². The van der Waals surface area contributed by atoms with Crippen LogP contribution < -0.4 is 5.32 Å². The molecule has 0 heterocycles. The molecule has 3 fully saturated rings. The van der Waals surface area contributed by atoms with Gasteiger partial charge in [0.2, 0.25) is 0 Å². The average Bonchev–Trinajstić information content (AvgIpc) is 2.59. The van der Waals surface area contributed by atoms with Gasteiger partial charge in [0.05, 0.1) is 0 Å². The molecule has 3 rings (SSSR count). The highest BCUT2D eigenvalue weighted by molar-refractivity contribution is 5.67. The van der Waals surface area contributed by atoms with E-state index in [-0.39, 0.29) is 12.2 Å². The van der Waals surface area contributed by atoms with E-state index in [2.05, 4.69) is 12.2 Å². The van der Waals surface area contributed by atoms with E-state index in [0.717, 1.165) is 43.4 Å². The van der Waals surface area contributed by atoms with Gasteiger partial charge in [0.15, 0.2) is 0 Å². The van der Waals surface area contributed by atoms with E-state index in [4.69, 9.17) is 4.74 Å². The number of nitrogens with one attached hydrogen (secondary N) is 1. The van der Waals surface area contributed by atoms with E-state index in [0.29, 0.717) is 6.04 Å². The van der Waals surface area contributed by atoms with Crippen LogP contribution in [0.2, 0.25) is 0 Å². The molecule has 138 valence electrons. The zero-order valence-corrected chi connectivity index (χ0v) is 15.6. The summed E-state index contributed by atoms with van der Waals surface area (Å²) in [6, 6.07) is 0.351. The van der Waals surface area contributed by atoms with Crippen LogP contribution in [0.5, 0.6) is 0 Å². The minimum atomic E-state index is -0.161. The van der Waals surface area contributed by atoms with E-state index in [1.807, 2.05) is 0 Å². The molecule has 0 bridgehead atoms. The standard InChI is InChI=1S/C21H37NO2/c1-16-7-9-17(10-8-16)15-18-11-13-19(14-12-18)22-21(23)24-20-5-3-2-4-6-20/h16-20H,2-15H2,1H3,(H,22,23). The first-order valence-electron chi connectivity index (χ1n) is 10.7. The topological polar surface area (TPSA) is 38.3 Å². The summed E-state index contributed by atoms with van der Waals surface area (Å²) in [7, 11) is 0. The second-order valence-electron chi connectivity index (χ2n) is 8.89. The Labute approximate surface area is 148 Å². The summed E-state index contributed by atoms with van der Waals surface area (Å²) in [6.45, 7) is 2.40. The fourth-order valence-corrected chi connectivity index (χ4v) is 5.11. The predicted octanol–water partition coefficient (Wildman–Crippen LogP) is 5.82. The lowest BCUT2D eigenvalue weighted by Gasteiger charge is -2.33. The Bertz CT molecular complexity index is 375. The molecule has 0 saturated heterocycles. The molecule has 1 amide bonds. The molecule has 0 aromatic heterocycles. The van der Waals surface area contributed by atoms with E-state index in [1.165, 1.54) is 64.2 Å². The van der Waals surface area contributed by atoms with Crippen LogP contribution in [-0.4, -0.2) is 18.2 Å². The van der Waals surface area contributed by atoms with Gasteiger partial charge in [-0.05, 0) is 75.5 Å². The van der Waals surface area contributed by atoms with Crippen LogP contribution in [0.3, 0.4) is 0 Å². The average molecular weight is 336 g/mol. The maximum Gasteiger partial charge on any atom is 0.407 e. The Morgan fingerprint density at radius 2 is 1.42 bits per heavy atom. The van der Waals surface area contributed by atoms with E-state index < -0.39 is 0 Å². The monoisotopic (exact) mass is 335 g/mol. The molecule has 0 aromatic rings. The maximum absolute atomic E-state index is 12.1. The van der Waals surface area contributed by atoms with Crippen molar-refractivity contribution >= 4 is 6.09 Å². The molecular weight excluding hydrogens is 298 g/mol. The van der Waals surface area contributed by atoms with E-state index in [1.54, 1.807) is 0 Å². The second kappa shape index (κ2) is 9.10. The van der Waals surface area contributed by atoms with Gasteiger partial charge in [-0.3, -0.25) is 0 Å². The molecule has 24 heavy (non-hydrogen) atoms. The summed E-state index contributed by atoms with van der Waals surface area (Å²) in [6.07, 6.45) is 17.9. The van der Waals surface area contributed by atoms with Crippen LogP contribution in [0.15, 0.2) is 0 Å². The molecule has 0 aliphatic heterocycles. The minimum absolute atomic E-state index is 0.161. The quantitative estimate of drug-likeness (QED) is 0.703. The number of hydrogen-bond donors (Lipinski definition) is 1. The van der Waals surface area contributed by atoms with Crippen molar-refractivity contribution in [3.8, 4) is 0 Å². The molecule has 0 spiro atoms. The lowest BCUT2D eigenvalue weighted by molar-refractivity contribution is 0.0704. The molecule has 3 aliphatic carbocycles. The van der Waals surface area contributed by atoms with Crippen LogP contribution in [0, 0.1) is 17.8 Å². The maximum atomic E-state index is 12.1. The van der Waals surface area contributed by atoms with Crippen molar-refractivity contribution in [2.24, 2.45) is 17.8 Å². The summed E-state index contributed by atoms with van der Waals surface area (Å²) < 4.78 is 5.60. The van der Waals surface area contributed by atoms with Gasteiger partial charge in [0, 0.05) is 6.04 Å². The van der Waals surface area contributed by atoms with Gasteiger partial charge in [-0.15, -0.1) is 0 Å². The number of hydrogen-bond acceptors (Lipinski definition) is 2. The molecular formula is C21H37NO2. The third kappa shape index (κ3) is 5.67. The fraction of sp³-hybridized carbons (Fsp3) is 0.952. The van der Waals surface area contributed by atoms with Crippen LogP contribution in [0.25, 0.3) is 0 Å². The first-order valence-corrected chi connectivity index (χ1v) is 10.7. The highest BCUT2D eigenvalue weighted by Crippen LogP contribution is 2.36. The summed E-state index contributed by atoms with van der Waals surface area (Å²) in [5.41, 5.74) is 0. The first kappa shape index (κ1) is 18.1. The van der Waals surface area contributed by atoms with Gasteiger partial charge in [0.1, 0.15) is 6.10 Å². The molecule has 3 aliphatic rings. The Hall–Kier alpha value is -0.730. The molecule has 0 unspecified atom stereocenters. The van der Waals surface area contributed by atoms with Gasteiger partial charge in [-0.25, -0.2) is 4.79 Å². The molecule has 0 aromatic carbocycles. The van der Waals surface area contributed by atoms with E-state index >= 15 is 0 Å². The second-order valence-corrected chi connectivity index (χ2v) is 8.89. The summed E-state index contributed by atoms with van der Waals surface area (Å²) in [5, 5.41) is 3.13. The van der Waals surface area contributed by atoms with Gasteiger partial charge >= 0.3 is 6.09 Å². The van der Waals surface area contributed by atoms with Crippen molar-refractivity contribution < 1.29 is 9.53 Å². The van der Waals surface area contributed by atoms with Crippen LogP contribution >= 0.6 is 0 Å². The number of ether oxygens (including phenoxy) is 1. The third-order valence-electron chi connectivity index (χ3n) is 6.80. The Kier molecular flexibility index (Phi) is 6.85. The summed E-state index contributed by atoms with van der Waals surface area (Å²) in [5.74, 6) is 2.83. The van der Waals surface area contributed by atoms with Crippen molar-refractivity contribution in [3.63, 3.8) is 0 Å². The Morgan fingerprint density at radius 3 is 2.04 bits per heavy atom. The van der Waals surface area contributed by atoms with Gasteiger partial charge in [0.25, 0.3) is 0 Å². The zero-order valence-electron chi connectivity index (χ0n) is 15.6. The molecule has 0 atom stereocenters. The van der Waals surface area contributed by atoms with Gasteiger partial charge < -0.3 is 10.1 Å². The van der Waals surface area contributed by atoms with Crippen molar-refractivity contribution in [2.45, 2.75) is 109 Å². The first-order chi connectivity index (χ1) is 11.7. The number of carbonyl (C=O) groups is 1. The largest absolute Gasteiger partial charge is 0.446 e. The predicted molar refractivity (Wildman–Crippen MR) is 98.0 cm³/mol. The summed E-state index contributed by atoms with van der Waals surface area (Å²) >= 11 is 0. The molecule has 1 N–H and O–H groups in total.